The molecular weight excluding hydrogens is 382 g/mol. The zero-order chi connectivity index (χ0) is 21.3. The molecule has 160 valence electrons. The average Bonchev–Trinajstić information content (AvgIpc) is 2.75. The SMILES string of the molecule is C=C(C)C1=CN2C(=CC1=C)c1cc(CC)c(CCCCCC)cc1C1CSCCC12. The van der Waals surface area contributed by atoms with Crippen LogP contribution in [-0.2, 0) is 12.8 Å². The van der Waals surface area contributed by atoms with Crippen LogP contribution < -0.4 is 0 Å². The van der Waals surface area contributed by atoms with Gasteiger partial charge in [0.05, 0.1) is 0 Å². The van der Waals surface area contributed by atoms with E-state index in [1.54, 1.807) is 11.1 Å². The van der Waals surface area contributed by atoms with Gasteiger partial charge in [0.2, 0.25) is 0 Å². The maximum atomic E-state index is 4.37. The van der Waals surface area contributed by atoms with Gasteiger partial charge in [-0.15, -0.1) is 0 Å². The van der Waals surface area contributed by atoms with E-state index in [9.17, 15) is 0 Å². The molecule has 1 aromatic rings. The summed E-state index contributed by atoms with van der Waals surface area (Å²) in [7, 11) is 0. The van der Waals surface area contributed by atoms with Crippen LogP contribution in [-0.4, -0.2) is 22.4 Å². The fourth-order valence-electron chi connectivity index (χ4n) is 5.38. The van der Waals surface area contributed by atoms with Crippen molar-refractivity contribution in [1.82, 2.24) is 4.90 Å². The molecule has 0 aromatic heterocycles. The van der Waals surface area contributed by atoms with Crippen LogP contribution in [0.4, 0.5) is 0 Å². The molecule has 0 saturated carbocycles. The minimum Gasteiger partial charge on any atom is -0.343 e. The minimum absolute atomic E-state index is 0.563. The van der Waals surface area contributed by atoms with E-state index < -0.39 is 0 Å². The monoisotopic (exact) mass is 419 g/mol. The summed E-state index contributed by atoms with van der Waals surface area (Å²) in [6.45, 7) is 15.3. The number of fused-ring (bicyclic) bond motifs is 6. The first-order valence-corrected chi connectivity index (χ1v) is 13.0. The number of nitrogens with zero attached hydrogens (tertiary/aromatic N) is 1. The molecule has 0 N–H and O–H groups in total. The molecule has 0 aliphatic carbocycles. The van der Waals surface area contributed by atoms with Crippen LogP contribution in [0.1, 0.15) is 81.0 Å². The summed E-state index contributed by atoms with van der Waals surface area (Å²) >= 11 is 2.13. The molecule has 0 bridgehead atoms. The molecule has 1 saturated heterocycles. The zero-order valence-corrected chi connectivity index (χ0v) is 19.9. The maximum Gasteiger partial charge on any atom is 0.0491 e. The average molecular weight is 420 g/mol. The molecule has 1 aromatic carbocycles. The van der Waals surface area contributed by atoms with Crippen LogP contribution in [0.15, 0.2) is 54.3 Å². The van der Waals surface area contributed by atoms with Gasteiger partial charge in [-0.25, -0.2) is 0 Å². The third kappa shape index (κ3) is 3.96. The highest BCUT2D eigenvalue weighted by Crippen LogP contribution is 2.48. The fourth-order valence-corrected chi connectivity index (χ4v) is 6.61. The van der Waals surface area contributed by atoms with Crippen LogP contribution in [0.2, 0.25) is 0 Å². The van der Waals surface area contributed by atoms with Crippen molar-refractivity contribution in [2.24, 2.45) is 0 Å². The van der Waals surface area contributed by atoms with Crippen LogP contribution >= 0.6 is 11.8 Å². The number of aryl methyl sites for hydroxylation is 2. The van der Waals surface area contributed by atoms with Gasteiger partial charge in [-0.3, -0.25) is 0 Å². The summed E-state index contributed by atoms with van der Waals surface area (Å²) in [5.74, 6) is 3.11. The molecule has 2 unspecified atom stereocenters. The summed E-state index contributed by atoms with van der Waals surface area (Å²) in [6.07, 6.45) is 13.6. The molecule has 3 heterocycles. The molecule has 0 radical (unpaired) electrons. The topological polar surface area (TPSA) is 3.24 Å². The van der Waals surface area contributed by atoms with Crippen molar-refractivity contribution in [2.45, 2.75) is 77.7 Å². The van der Waals surface area contributed by atoms with Crippen molar-refractivity contribution in [3.63, 3.8) is 0 Å². The molecule has 1 fully saturated rings. The number of benzene rings is 1. The molecule has 4 rings (SSSR count). The summed E-state index contributed by atoms with van der Waals surface area (Å²) in [6, 6.07) is 5.68. The lowest BCUT2D eigenvalue weighted by molar-refractivity contribution is 0.309. The third-order valence-corrected chi connectivity index (χ3v) is 8.19. The summed E-state index contributed by atoms with van der Waals surface area (Å²) in [5.41, 5.74) is 11.0. The summed E-state index contributed by atoms with van der Waals surface area (Å²) in [4.78, 5) is 2.58. The second-order valence-corrected chi connectivity index (χ2v) is 10.3. The van der Waals surface area contributed by atoms with Gasteiger partial charge < -0.3 is 4.90 Å². The Bertz CT molecular complexity index is 903. The third-order valence-electron chi connectivity index (χ3n) is 7.07. The van der Waals surface area contributed by atoms with Gasteiger partial charge in [-0.1, -0.05) is 52.3 Å². The molecule has 30 heavy (non-hydrogen) atoms. The van der Waals surface area contributed by atoms with Gasteiger partial charge in [0.1, 0.15) is 0 Å². The maximum absolute atomic E-state index is 4.37. The molecule has 2 atom stereocenters. The zero-order valence-electron chi connectivity index (χ0n) is 19.1. The van der Waals surface area contributed by atoms with Gasteiger partial charge in [0.15, 0.2) is 0 Å². The van der Waals surface area contributed by atoms with E-state index in [1.807, 2.05) is 0 Å². The molecule has 3 aliphatic heterocycles. The number of rotatable bonds is 7. The number of allylic oxidation sites excluding steroid dienone is 4. The number of thioether (sulfide) groups is 1. The summed E-state index contributed by atoms with van der Waals surface area (Å²) in [5, 5.41) is 0. The predicted molar refractivity (Wildman–Crippen MR) is 134 cm³/mol. The first kappa shape index (κ1) is 21.6. The minimum atomic E-state index is 0.563. The van der Waals surface area contributed by atoms with Crippen LogP contribution in [0.3, 0.4) is 0 Å². The van der Waals surface area contributed by atoms with Crippen molar-refractivity contribution in [3.8, 4) is 0 Å². The van der Waals surface area contributed by atoms with E-state index in [0.29, 0.717) is 12.0 Å². The predicted octanol–water partition coefficient (Wildman–Crippen LogP) is 7.65. The first-order valence-electron chi connectivity index (χ1n) is 11.9. The van der Waals surface area contributed by atoms with E-state index in [4.69, 9.17) is 0 Å². The van der Waals surface area contributed by atoms with Crippen molar-refractivity contribution in [1.29, 1.82) is 0 Å². The molecule has 2 heteroatoms. The van der Waals surface area contributed by atoms with Gasteiger partial charge >= 0.3 is 0 Å². The Kier molecular flexibility index (Phi) is 6.63. The number of hydrogen-bond donors (Lipinski definition) is 0. The molecule has 0 amide bonds. The number of hydrogen-bond acceptors (Lipinski definition) is 2. The van der Waals surface area contributed by atoms with Crippen LogP contribution in [0.25, 0.3) is 5.70 Å². The van der Waals surface area contributed by atoms with E-state index in [2.05, 4.69) is 75.0 Å². The second-order valence-electron chi connectivity index (χ2n) is 9.20. The Morgan fingerprint density at radius 2 is 2.00 bits per heavy atom. The Balaban J connectivity index is 1.77. The quantitative estimate of drug-likeness (QED) is 0.418. The van der Waals surface area contributed by atoms with E-state index >= 15 is 0 Å². The normalized spacial score (nSPS) is 22.6. The smallest absolute Gasteiger partial charge is 0.0491 e. The number of unbranched alkanes of at least 4 members (excludes halogenated alkanes) is 3. The largest absolute Gasteiger partial charge is 0.343 e. The van der Waals surface area contributed by atoms with E-state index in [0.717, 1.165) is 17.6 Å². The molecule has 1 nitrogen and oxygen atoms in total. The highest BCUT2D eigenvalue weighted by molar-refractivity contribution is 7.99. The second kappa shape index (κ2) is 9.22. The fraction of sp³-hybridized carbons (Fsp3) is 0.500. The van der Waals surface area contributed by atoms with E-state index in [1.165, 1.54) is 72.4 Å². The van der Waals surface area contributed by atoms with Crippen LogP contribution in [0, 0.1) is 0 Å². The molecule has 0 spiro atoms. The standard InChI is InChI=1S/C28H37NS/c1-6-8-9-10-11-22-16-23-24(15-21(22)7-2)28-14-20(5)25(19(3)4)17-29(28)27-12-13-30-18-26(23)27/h14-17,26-27H,3,5-13,18H2,1-2,4H3. The Morgan fingerprint density at radius 3 is 2.73 bits per heavy atom. The molecule has 3 aliphatic rings. The highest BCUT2D eigenvalue weighted by Gasteiger charge is 2.40. The Morgan fingerprint density at radius 1 is 1.17 bits per heavy atom. The van der Waals surface area contributed by atoms with Crippen LogP contribution in [0.5, 0.6) is 0 Å². The lowest BCUT2D eigenvalue weighted by Gasteiger charge is -2.48. The first-order chi connectivity index (χ1) is 14.5. The van der Waals surface area contributed by atoms with Gasteiger partial charge in [0, 0.05) is 35.2 Å². The Labute approximate surface area is 188 Å². The van der Waals surface area contributed by atoms with Crippen molar-refractivity contribution in [2.75, 3.05) is 11.5 Å². The Hall–Kier alpha value is -1.67. The van der Waals surface area contributed by atoms with Gasteiger partial charge in [-0.05, 0) is 83.9 Å². The lowest BCUT2D eigenvalue weighted by Crippen LogP contribution is -2.44. The van der Waals surface area contributed by atoms with E-state index in [-0.39, 0.29) is 0 Å². The molecular formula is C28H37NS. The summed E-state index contributed by atoms with van der Waals surface area (Å²) < 4.78 is 0. The highest BCUT2D eigenvalue weighted by atomic mass is 32.2. The van der Waals surface area contributed by atoms with Gasteiger partial charge in [0.25, 0.3) is 0 Å². The van der Waals surface area contributed by atoms with Crippen molar-refractivity contribution >= 4 is 17.5 Å². The lowest BCUT2D eigenvalue weighted by atomic mass is 9.77. The van der Waals surface area contributed by atoms with Crippen molar-refractivity contribution in [3.05, 3.63) is 76.5 Å². The van der Waals surface area contributed by atoms with Gasteiger partial charge in [-0.2, -0.15) is 11.8 Å². The van der Waals surface area contributed by atoms with Crippen molar-refractivity contribution < 1.29 is 0 Å².